The molecule has 1 saturated carbocycles. The summed E-state index contributed by atoms with van der Waals surface area (Å²) in [6.45, 7) is 0. The third-order valence-electron chi connectivity index (χ3n) is 3.46. The number of nitro groups is 1. The molecule has 6 nitrogen and oxygen atoms in total. The first-order chi connectivity index (χ1) is 9.87. The number of halogens is 2. The van der Waals surface area contributed by atoms with Crippen molar-refractivity contribution in [3.63, 3.8) is 0 Å². The van der Waals surface area contributed by atoms with Crippen LogP contribution < -0.4 is 4.74 Å². The number of nitrogens with zero attached hydrogens (tertiary/aromatic N) is 1. The zero-order valence-corrected chi connectivity index (χ0v) is 13.6. The van der Waals surface area contributed by atoms with Gasteiger partial charge in [-0.3, -0.25) is 14.9 Å². The van der Waals surface area contributed by atoms with Gasteiger partial charge in [-0.05, 0) is 41.3 Å². The molecule has 21 heavy (non-hydrogen) atoms. The fourth-order valence-corrected chi connectivity index (χ4v) is 3.10. The van der Waals surface area contributed by atoms with Crippen LogP contribution >= 0.6 is 27.5 Å². The molecule has 0 spiro atoms. The smallest absolute Gasteiger partial charge is 0.313 e. The Balaban J connectivity index is 2.33. The summed E-state index contributed by atoms with van der Waals surface area (Å²) in [7, 11) is 1.30. The molecule has 114 valence electrons. The Kier molecular flexibility index (Phi) is 4.73. The summed E-state index contributed by atoms with van der Waals surface area (Å²) in [5.74, 6) is -0.310. The third kappa shape index (κ3) is 3.47. The molecule has 0 saturated heterocycles. The molecule has 2 rings (SSSR count). The molecule has 0 aromatic heterocycles. The first-order valence-corrected chi connectivity index (χ1v) is 7.43. The molecule has 1 aliphatic carbocycles. The van der Waals surface area contributed by atoms with E-state index >= 15 is 0 Å². The fourth-order valence-electron chi connectivity index (χ4n) is 2.22. The highest BCUT2D eigenvalue weighted by Crippen LogP contribution is 2.45. The number of carbonyl (C=O) groups is 1. The number of esters is 1. The fraction of sp³-hybridized carbons (Fsp3) is 0.462. The second-order valence-electron chi connectivity index (χ2n) is 4.88. The minimum Gasteiger partial charge on any atom is -0.479 e. The standard InChI is InChI=1S/C13H13BrClNO5/c1-20-11(17)7-13(3-2-4-13)21-12-9(14)5-8(15)6-10(12)16(18)19/h5-6H,2-4,7H2,1H3. The Hall–Kier alpha value is -1.34. The molecule has 0 heterocycles. The number of hydrogen-bond donors (Lipinski definition) is 0. The van der Waals surface area contributed by atoms with Gasteiger partial charge in [-0.2, -0.15) is 0 Å². The SMILES string of the molecule is COC(=O)CC1(Oc2c(Br)cc(Cl)cc2[N+](=O)[O-])CCC1. The van der Waals surface area contributed by atoms with Gasteiger partial charge in [0.2, 0.25) is 5.75 Å². The van der Waals surface area contributed by atoms with E-state index in [1.165, 1.54) is 19.2 Å². The van der Waals surface area contributed by atoms with Crippen molar-refractivity contribution in [3.8, 4) is 5.75 Å². The van der Waals surface area contributed by atoms with Crippen LogP contribution in [0.4, 0.5) is 5.69 Å². The number of methoxy groups -OCH3 is 1. The predicted molar refractivity (Wildman–Crippen MR) is 79.6 cm³/mol. The molecule has 8 heteroatoms. The zero-order chi connectivity index (χ0) is 15.6. The van der Waals surface area contributed by atoms with Gasteiger partial charge in [0.1, 0.15) is 5.60 Å². The van der Waals surface area contributed by atoms with E-state index < -0.39 is 16.5 Å². The van der Waals surface area contributed by atoms with Crippen LogP contribution in [0.1, 0.15) is 25.7 Å². The second kappa shape index (κ2) is 6.19. The molecule has 0 aliphatic heterocycles. The van der Waals surface area contributed by atoms with Gasteiger partial charge in [-0.1, -0.05) is 11.6 Å². The van der Waals surface area contributed by atoms with Gasteiger partial charge in [0.05, 0.1) is 22.9 Å². The second-order valence-corrected chi connectivity index (χ2v) is 6.18. The van der Waals surface area contributed by atoms with E-state index in [-0.39, 0.29) is 22.9 Å². The maximum Gasteiger partial charge on any atom is 0.313 e. The largest absolute Gasteiger partial charge is 0.479 e. The highest BCUT2D eigenvalue weighted by Gasteiger charge is 2.43. The van der Waals surface area contributed by atoms with Crippen LogP contribution in [0.2, 0.25) is 5.02 Å². The van der Waals surface area contributed by atoms with Crippen molar-refractivity contribution >= 4 is 39.2 Å². The van der Waals surface area contributed by atoms with E-state index in [0.717, 1.165) is 6.42 Å². The summed E-state index contributed by atoms with van der Waals surface area (Å²) < 4.78 is 10.9. The lowest BCUT2D eigenvalue weighted by Crippen LogP contribution is -2.45. The van der Waals surface area contributed by atoms with Crippen molar-refractivity contribution in [2.75, 3.05) is 7.11 Å². The summed E-state index contributed by atoms with van der Waals surface area (Å²) in [5, 5.41) is 11.4. The average molecular weight is 379 g/mol. The first-order valence-electron chi connectivity index (χ1n) is 6.26. The van der Waals surface area contributed by atoms with Crippen LogP contribution in [-0.2, 0) is 9.53 Å². The van der Waals surface area contributed by atoms with Crippen molar-refractivity contribution in [2.45, 2.75) is 31.3 Å². The normalized spacial score (nSPS) is 16.0. The van der Waals surface area contributed by atoms with Crippen molar-refractivity contribution in [3.05, 3.63) is 31.7 Å². The van der Waals surface area contributed by atoms with E-state index in [1.54, 1.807) is 0 Å². The van der Waals surface area contributed by atoms with Gasteiger partial charge in [0.15, 0.2) is 0 Å². The summed E-state index contributed by atoms with van der Waals surface area (Å²) in [4.78, 5) is 22.1. The molecule has 1 aliphatic rings. The predicted octanol–water partition coefficient (Wildman–Crippen LogP) is 3.88. The number of ether oxygens (including phenoxy) is 2. The molecule has 0 atom stereocenters. The lowest BCUT2D eigenvalue weighted by molar-refractivity contribution is -0.386. The molecule has 0 amide bonds. The molecule has 0 N–H and O–H groups in total. The van der Waals surface area contributed by atoms with Crippen LogP contribution in [-0.4, -0.2) is 23.6 Å². The maximum absolute atomic E-state index is 11.5. The Morgan fingerprint density at radius 3 is 2.67 bits per heavy atom. The van der Waals surface area contributed by atoms with Crippen molar-refractivity contribution < 1.29 is 19.2 Å². The highest BCUT2D eigenvalue weighted by atomic mass is 79.9. The van der Waals surface area contributed by atoms with Crippen molar-refractivity contribution in [1.29, 1.82) is 0 Å². The van der Waals surface area contributed by atoms with Crippen LogP contribution in [0.25, 0.3) is 0 Å². The molecular weight excluding hydrogens is 366 g/mol. The lowest BCUT2D eigenvalue weighted by atomic mass is 9.77. The van der Waals surface area contributed by atoms with Gasteiger partial charge >= 0.3 is 11.7 Å². The molecule has 0 unspecified atom stereocenters. The molecule has 1 aromatic rings. The number of hydrogen-bond acceptors (Lipinski definition) is 5. The lowest BCUT2D eigenvalue weighted by Gasteiger charge is -2.41. The molecule has 1 aromatic carbocycles. The summed E-state index contributed by atoms with van der Waals surface area (Å²) >= 11 is 9.05. The molecular formula is C13H13BrClNO5. The summed E-state index contributed by atoms with van der Waals surface area (Å²) in [6.07, 6.45) is 2.26. The van der Waals surface area contributed by atoms with E-state index in [4.69, 9.17) is 16.3 Å². The minimum atomic E-state index is -0.742. The number of nitro benzene ring substituents is 1. The van der Waals surface area contributed by atoms with E-state index in [1.807, 2.05) is 0 Å². The quantitative estimate of drug-likeness (QED) is 0.441. The topological polar surface area (TPSA) is 78.7 Å². The monoisotopic (exact) mass is 377 g/mol. The Labute approximate surface area is 134 Å². The van der Waals surface area contributed by atoms with E-state index in [2.05, 4.69) is 20.7 Å². The van der Waals surface area contributed by atoms with E-state index in [0.29, 0.717) is 17.3 Å². The van der Waals surface area contributed by atoms with Crippen LogP contribution in [0.3, 0.4) is 0 Å². The zero-order valence-electron chi connectivity index (χ0n) is 11.2. The van der Waals surface area contributed by atoms with Gasteiger partial charge in [-0.25, -0.2) is 0 Å². The Morgan fingerprint density at radius 1 is 1.52 bits per heavy atom. The van der Waals surface area contributed by atoms with Crippen LogP contribution in [0.5, 0.6) is 5.75 Å². The van der Waals surface area contributed by atoms with Gasteiger partial charge in [-0.15, -0.1) is 0 Å². The third-order valence-corrected chi connectivity index (χ3v) is 4.27. The van der Waals surface area contributed by atoms with Gasteiger partial charge in [0, 0.05) is 11.1 Å². The first kappa shape index (κ1) is 16.0. The molecule has 1 fully saturated rings. The summed E-state index contributed by atoms with van der Waals surface area (Å²) in [6, 6.07) is 2.75. The van der Waals surface area contributed by atoms with Gasteiger partial charge in [0.25, 0.3) is 0 Å². The molecule has 0 bridgehead atoms. The van der Waals surface area contributed by atoms with Crippen molar-refractivity contribution in [1.82, 2.24) is 0 Å². The summed E-state index contributed by atoms with van der Waals surface area (Å²) in [5.41, 5.74) is -0.973. The average Bonchev–Trinajstić information content (AvgIpc) is 2.37. The highest BCUT2D eigenvalue weighted by molar-refractivity contribution is 9.10. The Morgan fingerprint density at radius 2 is 2.19 bits per heavy atom. The number of rotatable bonds is 5. The van der Waals surface area contributed by atoms with Gasteiger partial charge < -0.3 is 9.47 Å². The molecule has 0 radical (unpaired) electrons. The van der Waals surface area contributed by atoms with Crippen LogP contribution in [0.15, 0.2) is 16.6 Å². The Bertz CT molecular complexity index is 588. The van der Waals surface area contributed by atoms with Crippen LogP contribution in [0, 0.1) is 10.1 Å². The van der Waals surface area contributed by atoms with E-state index in [9.17, 15) is 14.9 Å². The number of benzene rings is 1. The van der Waals surface area contributed by atoms with Crippen molar-refractivity contribution in [2.24, 2.45) is 0 Å². The number of carbonyl (C=O) groups excluding carboxylic acids is 1. The minimum absolute atomic E-state index is 0.0652. The maximum atomic E-state index is 11.5.